The molecule has 2 aromatic rings. The lowest BCUT2D eigenvalue weighted by atomic mass is 10.1. The minimum atomic E-state index is -0.739. The lowest BCUT2D eigenvalue weighted by molar-refractivity contribution is -0.138. The first kappa shape index (κ1) is 13.8. The van der Waals surface area contributed by atoms with Gasteiger partial charge in [0.2, 0.25) is 5.89 Å². The van der Waals surface area contributed by atoms with Gasteiger partial charge in [-0.2, -0.15) is 0 Å². The quantitative estimate of drug-likeness (QED) is 0.915. The molecule has 1 aromatic heterocycles. The molecule has 5 nitrogen and oxygen atoms in total. The molecule has 21 heavy (non-hydrogen) atoms. The Bertz CT molecular complexity index is 609. The highest BCUT2D eigenvalue weighted by Gasteiger charge is 2.27. The van der Waals surface area contributed by atoms with E-state index >= 15 is 0 Å². The highest BCUT2D eigenvalue weighted by Crippen LogP contribution is 2.24. The summed E-state index contributed by atoms with van der Waals surface area (Å²) in [5.41, 5.74) is 1.80. The Morgan fingerprint density at radius 3 is 2.95 bits per heavy atom. The van der Waals surface area contributed by atoms with E-state index < -0.39 is 5.97 Å². The normalized spacial score (nSPS) is 19.0. The van der Waals surface area contributed by atoms with Gasteiger partial charge in [0.05, 0.1) is 12.1 Å². The topological polar surface area (TPSA) is 66.6 Å². The van der Waals surface area contributed by atoms with Crippen molar-refractivity contribution in [3.63, 3.8) is 0 Å². The molecule has 0 saturated carbocycles. The number of carbonyl (C=O) groups is 1. The summed E-state index contributed by atoms with van der Waals surface area (Å²) < 4.78 is 5.52. The lowest BCUT2D eigenvalue weighted by Crippen LogP contribution is -2.30. The zero-order chi connectivity index (χ0) is 14.7. The van der Waals surface area contributed by atoms with Crippen LogP contribution < -0.4 is 0 Å². The standard InChI is InChI=1S/C16H18N2O3/c19-15(20)9-14-7-4-8-18(14)10-13-11-21-16(17-13)12-5-2-1-3-6-12/h1-3,5-6,11,14H,4,7-10H2,(H,19,20). The smallest absolute Gasteiger partial charge is 0.304 e. The summed E-state index contributed by atoms with van der Waals surface area (Å²) in [5.74, 6) is -0.128. The maximum Gasteiger partial charge on any atom is 0.304 e. The predicted molar refractivity (Wildman–Crippen MR) is 77.6 cm³/mol. The number of benzene rings is 1. The summed E-state index contributed by atoms with van der Waals surface area (Å²) in [5, 5.41) is 8.95. The van der Waals surface area contributed by atoms with E-state index in [9.17, 15) is 4.79 Å². The molecule has 1 N–H and O–H groups in total. The molecule has 3 rings (SSSR count). The van der Waals surface area contributed by atoms with Gasteiger partial charge in [0, 0.05) is 18.2 Å². The zero-order valence-corrected chi connectivity index (χ0v) is 11.7. The summed E-state index contributed by atoms with van der Waals surface area (Å²) in [6, 6.07) is 9.87. The van der Waals surface area contributed by atoms with Gasteiger partial charge in [0.15, 0.2) is 0 Å². The molecule has 110 valence electrons. The molecule has 1 aromatic carbocycles. The van der Waals surface area contributed by atoms with Gasteiger partial charge in [-0.1, -0.05) is 18.2 Å². The lowest BCUT2D eigenvalue weighted by Gasteiger charge is -2.21. The van der Waals surface area contributed by atoms with Gasteiger partial charge in [0.1, 0.15) is 6.26 Å². The summed E-state index contributed by atoms with van der Waals surface area (Å²) in [7, 11) is 0. The molecule has 1 fully saturated rings. The molecule has 5 heteroatoms. The van der Waals surface area contributed by atoms with E-state index in [0.717, 1.165) is 30.6 Å². The summed E-state index contributed by atoms with van der Waals surface area (Å²) in [6.45, 7) is 1.57. The van der Waals surface area contributed by atoms with E-state index in [2.05, 4.69) is 9.88 Å². The first-order valence-electron chi connectivity index (χ1n) is 7.18. The van der Waals surface area contributed by atoms with Crippen molar-refractivity contribution in [2.45, 2.75) is 31.8 Å². The minimum Gasteiger partial charge on any atom is -0.481 e. The number of hydrogen-bond donors (Lipinski definition) is 1. The third kappa shape index (κ3) is 3.31. The van der Waals surface area contributed by atoms with Crippen molar-refractivity contribution >= 4 is 5.97 Å². The number of nitrogens with zero attached hydrogens (tertiary/aromatic N) is 2. The Balaban J connectivity index is 1.68. The number of oxazole rings is 1. The second kappa shape index (κ2) is 6.10. The van der Waals surface area contributed by atoms with Gasteiger partial charge in [-0.05, 0) is 31.5 Å². The van der Waals surface area contributed by atoms with Crippen molar-refractivity contribution in [3.05, 3.63) is 42.3 Å². The number of aromatic nitrogens is 1. The number of hydrogen-bond acceptors (Lipinski definition) is 4. The van der Waals surface area contributed by atoms with E-state index in [0.29, 0.717) is 12.4 Å². The van der Waals surface area contributed by atoms with Crippen LogP contribution >= 0.6 is 0 Å². The SMILES string of the molecule is O=C(O)CC1CCCN1Cc1coc(-c2ccccc2)n1. The molecular weight excluding hydrogens is 268 g/mol. The summed E-state index contributed by atoms with van der Waals surface area (Å²) in [6.07, 6.45) is 3.85. The van der Waals surface area contributed by atoms with Crippen LogP contribution in [0.25, 0.3) is 11.5 Å². The van der Waals surface area contributed by atoms with Crippen LogP contribution in [0.2, 0.25) is 0 Å². The van der Waals surface area contributed by atoms with Crippen molar-refractivity contribution in [2.75, 3.05) is 6.54 Å². The number of rotatable bonds is 5. The fourth-order valence-electron chi connectivity index (χ4n) is 2.84. The molecule has 1 saturated heterocycles. The second-order valence-electron chi connectivity index (χ2n) is 5.37. The van der Waals surface area contributed by atoms with Crippen molar-refractivity contribution in [1.29, 1.82) is 0 Å². The van der Waals surface area contributed by atoms with Crippen LogP contribution in [0.1, 0.15) is 25.0 Å². The Morgan fingerprint density at radius 1 is 1.38 bits per heavy atom. The fourth-order valence-corrected chi connectivity index (χ4v) is 2.84. The number of carboxylic acid groups (broad SMARTS) is 1. The van der Waals surface area contributed by atoms with Crippen molar-refractivity contribution < 1.29 is 14.3 Å². The van der Waals surface area contributed by atoms with Gasteiger partial charge in [-0.15, -0.1) is 0 Å². The van der Waals surface area contributed by atoms with E-state index in [-0.39, 0.29) is 12.5 Å². The van der Waals surface area contributed by atoms with Crippen molar-refractivity contribution in [3.8, 4) is 11.5 Å². The highest BCUT2D eigenvalue weighted by molar-refractivity contribution is 5.67. The Morgan fingerprint density at radius 2 is 2.19 bits per heavy atom. The Hall–Kier alpha value is -2.14. The van der Waals surface area contributed by atoms with E-state index in [1.165, 1.54) is 0 Å². The van der Waals surface area contributed by atoms with Crippen molar-refractivity contribution in [2.24, 2.45) is 0 Å². The minimum absolute atomic E-state index is 0.111. The molecule has 1 atom stereocenters. The molecule has 0 aliphatic carbocycles. The van der Waals surface area contributed by atoms with Gasteiger partial charge >= 0.3 is 5.97 Å². The van der Waals surface area contributed by atoms with Crippen LogP contribution in [0.5, 0.6) is 0 Å². The number of likely N-dealkylation sites (tertiary alicyclic amines) is 1. The third-order valence-electron chi connectivity index (χ3n) is 3.85. The molecule has 0 spiro atoms. The second-order valence-corrected chi connectivity index (χ2v) is 5.37. The van der Waals surface area contributed by atoms with Crippen LogP contribution in [0.4, 0.5) is 0 Å². The first-order chi connectivity index (χ1) is 10.2. The maximum atomic E-state index is 10.9. The molecule has 0 bridgehead atoms. The highest BCUT2D eigenvalue weighted by atomic mass is 16.4. The Kier molecular flexibility index (Phi) is 4.01. The molecule has 1 aliphatic rings. The van der Waals surface area contributed by atoms with Crippen LogP contribution in [-0.4, -0.2) is 33.5 Å². The summed E-state index contributed by atoms with van der Waals surface area (Å²) >= 11 is 0. The van der Waals surface area contributed by atoms with Crippen LogP contribution in [0.15, 0.2) is 41.0 Å². The average molecular weight is 286 g/mol. The van der Waals surface area contributed by atoms with E-state index in [1.54, 1.807) is 6.26 Å². The van der Waals surface area contributed by atoms with E-state index in [1.807, 2.05) is 30.3 Å². The monoisotopic (exact) mass is 286 g/mol. The maximum absolute atomic E-state index is 10.9. The third-order valence-corrected chi connectivity index (χ3v) is 3.85. The molecule has 1 unspecified atom stereocenters. The van der Waals surface area contributed by atoms with Crippen molar-refractivity contribution in [1.82, 2.24) is 9.88 Å². The number of aliphatic carboxylic acids is 1. The average Bonchev–Trinajstić information content (AvgIpc) is 3.10. The largest absolute Gasteiger partial charge is 0.481 e. The predicted octanol–water partition coefficient (Wildman–Crippen LogP) is 2.78. The molecule has 2 heterocycles. The Labute approximate surface area is 123 Å². The van der Waals surface area contributed by atoms with Gasteiger partial charge in [0.25, 0.3) is 0 Å². The van der Waals surface area contributed by atoms with Gasteiger partial charge in [-0.3, -0.25) is 9.69 Å². The van der Waals surface area contributed by atoms with Crippen LogP contribution in [0.3, 0.4) is 0 Å². The number of carboxylic acids is 1. The molecule has 0 radical (unpaired) electrons. The fraction of sp³-hybridized carbons (Fsp3) is 0.375. The molecular formula is C16H18N2O3. The summed E-state index contributed by atoms with van der Waals surface area (Å²) in [4.78, 5) is 17.6. The van der Waals surface area contributed by atoms with Crippen LogP contribution in [-0.2, 0) is 11.3 Å². The van der Waals surface area contributed by atoms with Crippen LogP contribution in [0, 0.1) is 0 Å². The molecule has 1 aliphatic heterocycles. The van der Waals surface area contributed by atoms with Gasteiger partial charge in [-0.25, -0.2) is 4.98 Å². The zero-order valence-electron chi connectivity index (χ0n) is 11.7. The van der Waals surface area contributed by atoms with Gasteiger partial charge < -0.3 is 9.52 Å². The molecule has 0 amide bonds. The van der Waals surface area contributed by atoms with E-state index in [4.69, 9.17) is 9.52 Å². The first-order valence-corrected chi connectivity index (χ1v) is 7.18.